The fraction of sp³-hybridized carbons (Fsp3) is 0.385. The van der Waals surface area contributed by atoms with E-state index in [-0.39, 0.29) is 67.5 Å². The summed E-state index contributed by atoms with van der Waals surface area (Å²) in [5, 5.41) is 10.4. The molecule has 2 aliphatic rings. The quantitative estimate of drug-likeness (QED) is 0.253. The van der Waals surface area contributed by atoms with Crippen molar-refractivity contribution >= 4 is 27.8 Å². The van der Waals surface area contributed by atoms with Crippen LogP contribution >= 0.6 is 0 Å². The molecule has 38 heavy (non-hydrogen) atoms. The summed E-state index contributed by atoms with van der Waals surface area (Å²) in [5.41, 5.74) is 0.627. The van der Waals surface area contributed by atoms with Crippen molar-refractivity contribution in [2.45, 2.75) is 12.2 Å². The molecule has 2 aromatic rings. The van der Waals surface area contributed by atoms with Crippen LogP contribution in [0.3, 0.4) is 0 Å². The van der Waals surface area contributed by atoms with Crippen molar-refractivity contribution in [3.8, 4) is 0 Å². The first-order valence-electron chi connectivity index (χ1n) is 12.2. The zero-order valence-corrected chi connectivity index (χ0v) is 21.4. The Morgan fingerprint density at radius 1 is 1.05 bits per heavy atom. The summed E-state index contributed by atoms with van der Waals surface area (Å²) >= 11 is 0. The number of nitrogens with one attached hydrogen (secondary N) is 2. The van der Waals surface area contributed by atoms with E-state index < -0.39 is 34.2 Å². The van der Waals surface area contributed by atoms with Gasteiger partial charge in [0.25, 0.3) is 5.91 Å². The van der Waals surface area contributed by atoms with Crippen LogP contribution in [0.1, 0.15) is 12.0 Å². The zero-order chi connectivity index (χ0) is 27.3. The van der Waals surface area contributed by atoms with Crippen LogP contribution in [0.15, 0.2) is 60.0 Å². The Morgan fingerprint density at radius 3 is 2.29 bits per heavy atom. The van der Waals surface area contributed by atoms with E-state index >= 15 is 0 Å². The number of carbonyl (C=O) groups excluding carboxylic acids is 1. The zero-order valence-electron chi connectivity index (χ0n) is 20.6. The third-order valence-corrected chi connectivity index (χ3v) is 8.42. The lowest BCUT2D eigenvalue weighted by atomic mass is 10.2. The number of hydrogen-bond acceptors (Lipinski definition) is 6. The number of halogens is 3. The van der Waals surface area contributed by atoms with Gasteiger partial charge in [0.2, 0.25) is 15.8 Å². The van der Waals surface area contributed by atoms with Gasteiger partial charge in [-0.2, -0.15) is 4.31 Å². The number of piperazine rings is 1. The molecule has 1 heterocycles. The summed E-state index contributed by atoms with van der Waals surface area (Å²) in [7, 11) is -3.58. The fourth-order valence-electron chi connectivity index (χ4n) is 4.35. The highest BCUT2D eigenvalue weighted by atomic mass is 32.2. The van der Waals surface area contributed by atoms with Crippen molar-refractivity contribution in [3.05, 3.63) is 77.2 Å². The minimum absolute atomic E-state index is 0.0393. The predicted octanol–water partition coefficient (Wildman–Crippen LogP) is 3.53. The van der Waals surface area contributed by atoms with Crippen molar-refractivity contribution in [2.24, 2.45) is 11.8 Å². The molecular weight excluding hydrogens is 521 g/mol. The predicted molar refractivity (Wildman–Crippen MR) is 137 cm³/mol. The van der Waals surface area contributed by atoms with Crippen LogP contribution in [0, 0.1) is 28.9 Å². The second kappa shape index (κ2) is 12.0. The van der Waals surface area contributed by atoms with Crippen LogP contribution in [0.2, 0.25) is 0 Å². The lowest BCUT2D eigenvalue weighted by Gasteiger charge is -2.36. The number of carbonyl (C=O) groups is 1. The van der Waals surface area contributed by atoms with Crippen molar-refractivity contribution in [3.63, 3.8) is 0 Å². The molecule has 12 heteroatoms. The van der Waals surface area contributed by atoms with E-state index in [0.717, 1.165) is 18.3 Å². The summed E-state index contributed by atoms with van der Waals surface area (Å²) < 4.78 is 73.2. The number of rotatable bonds is 11. The second-order valence-corrected chi connectivity index (χ2v) is 11.3. The Labute approximate surface area is 219 Å². The normalized spacial score (nSPS) is 20.4. The van der Waals surface area contributed by atoms with Crippen LogP contribution in [0.4, 0.5) is 18.9 Å². The van der Waals surface area contributed by atoms with Gasteiger partial charge in [-0.05, 0) is 36.0 Å². The first-order chi connectivity index (χ1) is 18.2. The Hall–Kier alpha value is -3.38. The number of amides is 1. The van der Waals surface area contributed by atoms with Gasteiger partial charge in [0.05, 0.1) is 19.0 Å². The SMILES string of the molecule is N=C/C(=C(/OC[C@H]1C[C@@H]1CF)C(=O)Nc1cc(F)cc(F)c1)N1CCN(S(=O)(=O)Cc2ccccc2)CC1. The van der Waals surface area contributed by atoms with E-state index in [9.17, 15) is 26.4 Å². The minimum atomic E-state index is -3.58. The van der Waals surface area contributed by atoms with E-state index in [1.54, 1.807) is 29.2 Å². The topological polar surface area (TPSA) is 103 Å². The molecule has 1 aliphatic heterocycles. The lowest BCUT2D eigenvalue weighted by molar-refractivity contribution is -0.116. The largest absolute Gasteiger partial charge is 0.486 e. The van der Waals surface area contributed by atoms with Gasteiger partial charge in [0.1, 0.15) is 17.3 Å². The molecule has 0 aromatic heterocycles. The van der Waals surface area contributed by atoms with Crippen molar-refractivity contribution in [2.75, 3.05) is 44.8 Å². The molecule has 1 saturated heterocycles. The molecular formula is C26H29F3N4O4S. The standard InChI is InChI=1S/C26H29F3N4O4S/c27-14-19-10-20(19)16-37-25(26(34)31-23-12-21(28)11-22(29)13-23)24(15-30)32-6-8-33(9-7-32)38(35,36)17-18-4-2-1-3-5-18/h1-5,11-13,15,19-20,30H,6-10,14,16-17H2,(H,31,34)/b25-24-,30-15?/t19-,20-/m1/s1. The van der Waals surface area contributed by atoms with Gasteiger partial charge in [-0.3, -0.25) is 9.18 Å². The Morgan fingerprint density at radius 2 is 1.71 bits per heavy atom. The number of hydrogen-bond donors (Lipinski definition) is 2. The number of ether oxygens (including phenoxy) is 1. The molecule has 8 nitrogen and oxygen atoms in total. The lowest BCUT2D eigenvalue weighted by Crippen LogP contribution is -2.49. The van der Waals surface area contributed by atoms with Crippen LogP contribution < -0.4 is 5.32 Å². The summed E-state index contributed by atoms with van der Waals surface area (Å²) in [6.45, 7) is 0.163. The fourth-order valence-corrected chi connectivity index (χ4v) is 5.86. The van der Waals surface area contributed by atoms with E-state index in [1.807, 2.05) is 6.07 Å². The van der Waals surface area contributed by atoms with Crippen LogP contribution in [0.25, 0.3) is 0 Å². The molecule has 0 spiro atoms. The summed E-state index contributed by atoms with van der Waals surface area (Å²) in [5.74, 6) is -3.22. The Balaban J connectivity index is 1.50. The highest BCUT2D eigenvalue weighted by Gasteiger charge is 2.38. The number of allylic oxidation sites excluding steroid dienone is 1. The molecule has 1 aliphatic carbocycles. The van der Waals surface area contributed by atoms with Crippen molar-refractivity contribution in [1.29, 1.82) is 5.41 Å². The number of benzene rings is 2. The molecule has 0 bridgehead atoms. The highest BCUT2D eigenvalue weighted by Crippen LogP contribution is 2.39. The van der Waals surface area contributed by atoms with Gasteiger partial charge in [0, 0.05) is 44.1 Å². The first kappa shape index (κ1) is 27.6. The number of nitrogens with zero attached hydrogens (tertiary/aromatic N) is 2. The van der Waals surface area contributed by atoms with Gasteiger partial charge in [-0.1, -0.05) is 30.3 Å². The Kier molecular flexibility index (Phi) is 8.72. The van der Waals surface area contributed by atoms with E-state index in [2.05, 4.69) is 5.32 Å². The van der Waals surface area contributed by atoms with E-state index in [4.69, 9.17) is 10.1 Å². The maximum Gasteiger partial charge on any atom is 0.293 e. The van der Waals surface area contributed by atoms with Gasteiger partial charge in [-0.15, -0.1) is 0 Å². The van der Waals surface area contributed by atoms with Gasteiger partial charge in [0.15, 0.2) is 0 Å². The summed E-state index contributed by atoms with van der Waals surface area (Å²) in [6.07, 6.45) is 1.53. The molecule has 2 N–H and O–H groups in total. The molecule has 2 fully saturated rings. The third-order valence-electron chi connectivity index (χ3n) is 6.57. The van der Waals surface area contributed by atoms with E-state index in [1.165, 1.54) is 4.31 Å². The molecule has 0 radical (unpaired) electrons. The van der Waals surface area contributed by atoms with Crippen LogP contribution in [0.5, 0.6) is 0 Å². The highest BCUT2D eigenvalue weighted by molar-refractivity contribution is 7.88. The monoisotopic (exact) mass is 550 g/mol. The Bertz CT molecular complexity index is 1280. The molecule has 2 aromatic carbocycles. The molecule has 1 saturated carbocycles. The average molecular weight is 551 g/mol. The molecule has 2 atom stereocenters. The van der Waals surface area contributed by atoms with Crippen LogP contribution in [-0.4, -0.2) is 69.2 Å². The molecule has 1 amide bonds. The van der Waals surface area contributed by atoms with Gasteiger partial charge in [-0.25, -0.2) is 17.2 Å². The third kappa shape index (κ3) is 6.93. The average Bonchev–Trinajstić information content (AvgIpc) is 3.65. The number of anilines is 1. The molecule has 204 valence electrons. The smallest absolute Gasteiger partial charge is 0.293 e. The van der Waals surface area contributed by atoms with Crippen molar-refractivity contribution in [1.82, 2.24) is 9.21 Å². The van der Waals surface area contributed by atoms with E-state index in [0.29, 0.717) is 18.1 Å². The van der Waals surface area contributed by atoms with Gasteiger partial charge >= 0.3 is 0 Å². The maximum absolute atomic E-state index is 13.6. The second-order valence-electron chi connectivity index (χ2n) is 9.32. The number of sulfonamides is 1. The minimum Gasteiger partial charge on any atom is -0.486 e. The summed E-state index contributed by atoms with van der Waals surface area (Å²) in [6, 6.07) is 11.4. The summed E-state index contributed by atoms with van der Waals surface area (Å²) in [4.78, 5) is 14.8. The first-order valence-corrected chi connectivity index (χ1v) is 13.8. The maximum atomic E-state index is 13.6. The van der Waals surface area contributed by atoms with Gasteiger partial charge < -0.3 is 20.4 Å². The number of alkyl halides is 1. The molecule has 4 rings (SSSR count). The van der Waals surface area contributed by atoms with Crippen molar-refractivity contribution < 1.29 is 31.1 Å². The van der Waals surface area contributed by atoms with Crippen LogP contribution in [-0.2, 0) is 25.3 Å². The molecule has 0 unspecified atom stereocenters.